The third kappa shape index (κ3) is 7.52. The monoisotopic (exact) mass is 290 g/mol. The average Bonchev–Trinajstić information content (AvgIpc) is 2.44. The molecule has 1 unspecified atom stereocenters. The molecule has 0 amide bonds. The first-order valence-corrected chi connectivity index (χ1v) is 8.51. The molecule has 0 aliphatic rings. The Morgan fingerprint density at radius 3 is 2.43 bits per heavy atom. The van der Waals surface area contributed by atoms with Crippen LogP contribution in [0.3, 0.4) is 0 Å². The molecule has 21 heavy (non-hydrogen) atoms. The number of nitrogen functional groups attached to an aromatic ring is 1. The number of hydrogen-bond acceptors (Lipinski definition) is 2. The molecule has 0 radical (unpaired) electrons. The van der Waals surface area contributed by atoms with Gasteiger partial charge in [0.25, 0.3) is 0 Å². The van der Waals surface area contributed by atoms with Gasteiger partial charge in [-0.05, 0) is 48.4 Å². The molecular weight excluding hydrogens is 256 g/mol. The van der Waals surface area contributed by atoms with Crippen LogP contribution in [0.4, 0.5) is 5.69 Å². The summed E-state index contributed by atoms with van der Waals surface area (Å²) in [6, 6.07) is 8.29. The Balaban J connectivity index is 2.22. The normalized spacial score (nSPS) is 13.3. The van der Waals surface area contributed by atoms with Crippen molar-refractivity contribution in [3.63, 3.8) is 0 Å². The van der Waals surface area contributed by atoms with Crippen LogP contribution in [0.25, 0.3) is 0 Å². The molecule has 0 aromatic heterocycles. The highest BCUT2D eigenvalue weighted by atomic mass is 14.9. The molecule has 1 aromatic carbocycles. The molecule has 0 saturated carbocycles. The third-order valence-corrected chi connectivity index (χ3v) is 4.32. The number of anilines is 1. The first kappa shape index (κ1) is 18.0. The Morgan fingerprint density at radius 2 is 1.81 bits per heavy atom. The fraction of sp³-hybridized carbons (Fsp3) is 0.684. The van der Waals surface area contributed by atoms with E-state index < -0.39 is 0 Å². The Labute approximate surface area is 131 Å². The minimum Gasteiger partial charge on any atom is -0.399 e. The smallest absolute Gasteiger partial charge is 0.0314 e. The van der Waals surface area contributed by atoms with Crippen molar-refractivity contribution in [2.75, 3.05) is 18.8 Å². The lowest BCUT2D eigenvalue weighted by Crippen LogP contribution is -2.30. The largest absolute Gasteiger partial charge is 0.399 e. The van der Waals surface area contributed by atoms with E-state index in [1.54, 1.807) is 0 Å². The minimum absolute atomic E-state index is 0.416. The van der Waals surface area contributed by atoms with E-state index in [0.29, 0.717) is 11.3 Å². The van der Waals surface area contributed by atoms with Crippen molar-refractivity contribution in [3.05, 3.63) is 29.8 Å². The number of unbranched alkanes of at least 4 members (excludes halogenated alkanes) is 2. The first-order chi connectivity index (χ1) is 9.94. The predicted octanol–water partition coefficient (Wildman–Crippen LogP) is 4.96. The van der Waals surface area contributed by atoms with Gasteiger partial charge in [0, 0.05) is 12.2 Å². The van der Waals surface area contributed by atoms with Crippen molar-refractivity contribution in [1.29, 1.82) is 0 Å². The van der Waals surface area contributed by atoms with Gasteiger partial charge in [-0.15, -0.1) is 0 Å². The maximum Gasteiger partial charge on any atom is 0.0314 e. The van der Waals surface area contributed by atoms with Gasteiger partial charge in [-0.3, -0.25) is 0 Å². The van der Waals surface area contributed by atoms with E-state index >= 15 is 0 Å². The molecule has 120 valence electrons. The zero-order valence-corrected chi connectivity index (χ0v) is 14.4. The molecule has 0 saturated heterocycles. The first-order valence-electron chi connectivity index (χ1n) is 8.51. The van der Waals surface area contributed by atoms with Crippen molar-refractivity contribution in [3.8, 4) is 0 Å². The van der Waals surface area contributed by atoms with Crippen LogP contribution in [-0.4, -0.2) is 13.1 Å². The lowest BCUT2D eigenvalue weighted by atomic mass is 9.86. The molecule has 0 heterocycles. The second-order valence-corrected chi connectivity index (χ2v) is 7.15. The second-order valence-electron chi connectivity index (χ2n) is 7.15. The molecule has 1 aromatic rings. The van der Waals surface area contributed by atoms with E-state index in [0.717, 1.165) is 18.8 Å². The van der Waals surface area contributed by atoms with Crippen LogP contribution in [0.5, 0.6) is 0 Å². The van der Waals surface area contributed by atoms with Gasteiger partial charge < -0.3 is 11.1 Å². The number of nitrogens with two attached hydrogens (primary N) is 1. The fourth-order valence-corrected chi connectivity index (χ4v) is 2.68. The summed E-state index contributed by atoms with van der Waals surface area (Å²) >= 11 is 0. The summed E-state index contributed by atoms with van der Waals surface area (Å²) in [5.41, 5.74) is 8.38. The lowest BCUT2D eigenvalue weighted by molar-refractivity contribution is 0.301. The highest BCUT2D eigenvalue weighted by Gasteiger charge is 2.16. The van der Waals surface area contributed by atoms with Crippen molar-refractivity contribution >= 4 is 5.69 Å². The molecule has 3 N–H and O–H groups in total. The summed E-state index contributed by atoms with van der Waals surface area (Å²) in [6.07, 6.45) is 6.52. The maximum atomic E-state index is 5.73. The highest BCUT2D eigenvalue weighted by Crippen LogP contribution is 2.23. The molecule has 2 nitrogen and oxygen atoms in total. The second kappa shape index (κ2) is 9.09. The summed E-state index contributed by atoms with van der Waals surface area (Å²) in [7, 11) is 0. The van der Waals surface area contributed by atoms with Crippen molar-refractivity contribution < 1.29 is 0 Å². The van der Waals surface area contributed by atoms with Crippen LogP contribution in [-0.2, 0) is 0 Å². The molecule has 0 spiro atoms. The van der Waals surface area contributed by atoms with Gasteiger partial charge in [0.05, 0.1) is 0 Å². The summed E-state index contributed by atoms with van der Waals surface area (Å²) in [5.74, 6) is 0.585. The lowest BCUT2D eigenvalue weighted by Gasteiger charge is -2.25. The molecule has 0 fully saturated rings. The Kier molecular flexibility index (Phi) is 7.81. The molecular formula is C19H34N2. The number of hydrogen-bond donors (Lipinski definition) is 2. The number of benzene rings is 1. The van der Waals surface area contributed by atoms with Crippen LogP contribution >= 0.6 is 0 Å². The fourth-order valence-electron chi connectivity index (χ4n) is 2.68. The van der Waals surface area contributed by atoms with Gasteiger partial charge in [0.15, 0.2) is 0 Å². The van der Waals surface area contributed by atoms with Gasteiger partial charge >= 0.3 is 0 Å². The summed E-state index contributed by atoms with van der Waals surface area (Å²) in [4.78, 5) is 0. The Bertz CT molecular complexity index is 381. The Hall–Kier alpha value is -1.02. The van der Waals surface area contributed by atoms with E-state index in [4.69, 9.17) is 5.73 Å². The number of nitrogens with one attached hydrogen (secondary N) is 1. The summed E-state index contributed by atoms with van der Waals surface area (Å²) < 4.78 is 0. The molecule has 2 heteroatoms. The summed E-state index contributed by atoms with van der Waals surface area (Å²) in [6.45, 7) is 11.5. The van der Waals surface area contributed by atoms with Crippen LogP contribution in [0.15, 0.2) is 24.3 Å². The van der Waals surface area contributed by atoms with E-state index in [-0.39, 0.29) is 0 Å². The van der Waals surface area contributed by atoms with Crippen LogP contribution in [0.2, 0.25) is 0 Å². The average molecular weight is 290 g/mol. The zero-order valence-electron chi connectivity index (χ0n) is 14.4. The maximum absolute atomic E-state index is 5.73. The van der Waals surface area contributed by atoms with Gasteiger partial charge in [0.1, 0.15) is 0 Å². The third-order valence-electron chi connectivity index (χ3n) is 4.32. The quantitative estimate of drug-likeness (QED) is 0.472. The zero-order chi connectivity index (χ0) is 15.7. The predicted molar refractivity (Wildman–Crippen MR) is 94.7 cm³/mol. The van der Waals surface area contributed by atoms with E-state index in [9.17, 15) is 0 Å². The molecule has 0 aliphatic carbocycles. The summed E-state index contributed by atoms with van der Waals surface area (Å²) in [5, 5.41) is 3.64. The van der Waals surface area contributed by atoms with E-state index in [2.05, 4.69) is 45.1 Å². The highest BCUT2D eigenvalue weighted by molar-refractivity contribution is 5.40. The van der Waals surface area contributed by atoms with Gasteiger partial charge in [-0.1, -0.05) is 59.1 Å². The van der Waals surface area contributed by atoms with E-state index in [1.807, 2.05) is 12.1 Å². The Morgan fingerprint density at radius 1 is 1.14 bits per heavy atom. The van der Waals surface area contributed by atoms with Gasteiger partial charge in [-0.25, -0.2) is 0 Å². The SMILES string of the molecule is CCCCCC(C)(C)CNCCC(C)c1ccc(N)cc1. The molecule has 1 rings (SSSR count). The van der Waals surface area contributed by atoms with Crippen LogP contribution in [0, 0.1) is 5.41 Å². The van der Waals surface area contributed by atoms with Crippen molar-refractivity contribution in [2.45, 2.75) is 65.7 Å². The standard InChI is InChI=1S/C19H34N2/c1-5-6-7-13-19(3,4)15-21-14-12-16(2)17-8-10-18(20)11-9-17/h8-11,16,21H,5-7,12-15,20H2,1-4H3. The van der Waals surface area contributed by atoms with Gasteiger partial charge in [-0.2, -0.15) is 0 Å². The molecule has 0 aliphatic heterocycles. The van der Waals surface area contributed by atoms with Crippen LogP contribution < -0.4 is 11.1 Å². The van der Waals surface area contributed by atoms with Crippen molar-refractivity contribution in [2.24, 2.45) is 5.41 Å². The van der Waals surface area contributed by atoms with Crippen molar-refractivity contribution in [1.82, 2.24) is 5.32 Å². The minimum atomic E-state index is 0.416. The number of rotatable bonds is 10. The van der Waals surface area contributed by atoms with E-state index in [1.165, 1.54) is 37.7 Å². The van der Waals surface area contributed by atoms with Gasteiger partial charge in [0.2, 0.25) is 0 Å². The van der Waals surface area contributed by atoms with Crippen LogP contribution in [0.1, 0.15) is 71.3 Å². The molecule has 1 atom stereocenters. The molecule has 0 bridgehead atoms. The topological polar surface area (TPSA) is 38.0 Å².